The summed E-state index contributed by atoms with van der Waals surface area (Å²) in [5.74, 6) is -0.294. The monoisotopic (exact) mass is 330 g/mol. The SMILES string of the molecule is COC(=O)CCN(C)Cc1ccc(Br)cc1[N+](=O)[O-]. The number of nitro groups is 1. The lowest BCUT2D eigenvalue weighted by Crippen LogP contribution is -2.22. The van der Waals surface area contributed by atoms with Crippen molar-refractivity contribution in [2.75, 3.05) is 20.7 Å². The maximum atomic E-state index is 11.0. The number of hydrogen-bond acceptors (Lipinski definition) is 5. The summed E-state index contributed by atoms with van der Waals surface area (Å²) in [6, 6.07) is 4.94. The molecule has 6 nitrogen and oxygen atoms in total. The number of benzene rings is 1. The first-order valence-corrected chi connectivity index (χ1v) is 6.41. The van der Waals surface area contributed by atoms with Gasteiger partial charge in [0.1, 0.15) is 0 Å². The molecule has 0 N–H and O–H groups in total. The van der Waals surface area contributed by atoms with Crippen LogP contribution in [0, 0.1) is 10.1 Å². The van der Waals surface area contributed by atoms with Crippen molar-refractivity contribution in [3.63, 3.8) is 0 Å². The number of rotatable bonds is 6. The van der Waals surface area contributed by atoms with Gasteiger partial charge in [-0.2, -0.15) is 0 Å². The van der Waals surface area contributed by atoms with Gasteiger partial charge in [-0.25, -0.2) is 0 Å². The maximum absolute atomic E-state index is 11.0. The second-order valence-electron chi connectivity index (χ2n) is 4.09. The minimum atomic E-state index is -0.408. The zero-order valence-electron chi connectivity index (χ0n) is 10.8. The molecular weight excluding hydrogens is 316 g/mol. The molecule has 0 aromatic heterocycles. The van der Waals surface area contributed by atoms with Crippen molar-refractivity contribution >= 4 is 27.6 Å². The fourth-order valence-electron chi connectivity index (χ4n) is 1.59. The lowest BCUT2D eigenvalue weighted by Gasteiger charge is -2.15. The van der Waals surface area contributed by atoms with E-state index in [1.54, 1.807) is 19.2 Å². The Kier molecular flexibility index (Phi) is 5.91. The van der Waals surface area contributed by atoms with Crippen LogP contribution in [0.15, 0.2) is 22.7 Å². The maximum Gasteiger partial charge on any atom is 0.306 e. The number of esters is 1. The van der Waals surface area contributed by atoms with Gasteiger partial charge in [0, 0.05) is 29.2 Å². The molecule has 0 bridgehead atoms. The van der Waals surface area contributed by atoms with Crippen molar-refractivity contribution < 1.29 is 14.5 Å². The minimum Gasteiger partial charge on any atom is -0.469 e. The molecule has 1 rings (SSSR count). The van der Waals surface area contributed by atoms with Crippen LogP contribution in [0.5, 0.6) is 0 Å². The van der Waals surface area contributed by atoms with E-state index in [1.807, 2.05) is 4.90 Å². The summed E-state index contributed by atoms with van der Waals surface area (Å²) in [5.41, 5.74) is 0.680. The number of hydrogen-bond donors (Lipinski definition) is 0. The van der Waals surface area contributed by atoms with E-state index in [2.05, 4.69) is 20.7 Å². The molecule has 104 valence electrons. The molecule has 0 fully saturated rings. The van der Waals surface area contributed by atoms with E-state index >= 15 is 0 Å². The quantitative estimate of drug-likeness (QED) is 0.454. The number of carbonyl (C=O) groups is 1. The van der Waals surface area contributed by atoms with Gasteiger partial charge in [0.15, 0.2) is 0 Å². The van der Waals surface area contributed by atoms with Crippen molar-refractivity contribution in [1.29, 1.82) is 0 Å². The van der Waals surface area contributed by atoms with Gasteiger partial charge >= 0.3 is 5.97 Å². The number of methoxy groups -OCH3 is 1. The molecule has 0 radical (unpaired) electrons. The predicted octanol–water partition coefficient (Wildman–Crippen LogP) is 2.35. The number of halogens is 1. The van der Waals surface area contributed by atoms with E-state index in [0.29, 0.717) is 23.1 Å². The lowest BCUT2D eigenvalue weighted by atomic mass is 10.1. The Morgan fingerprint density at radius 3 is 2.79 bits per heavy atom. The van der Waals surface area contributed by atoms with Crippen molar-refractivity contribution in [1.82, 2.24) is 4.90 Å². The van der Waals surface area contributed by atoms with Crippen molar-refractivity contribution in [3.8, 4) is 0 Å². The van der Waals surface area contributed by atoms with Gasteiger partial charge in [-0.3, -0.25) is 14.9 Å². The van der Waals surface area contributed by atoms with Gasteiger partial charge in [-0.1, -0.05) is 15.9 Å². The molecule has 0 heterocycles. The molecule has 1 aromatic rings. The zero-order chi connectivity index (χ0) is 14.4. The van der Waals surface area contributed by atoms with Crippen LogP contribution in [-0.4, -0.2) is 36.5 Å². The normalized spacial score (nSPS) is 10.5. The summed E-state index contributed by atoms with van der Waals surface area (Å²) in [6.45, 7) is 0.889. The fraction of sp³-hybridized carbons (Fsp3) is 0.417. The second kappa shape index (κ2) is 7.20. The summed E-state index contributed by atoms with van der Waals surface area (Å²) < 4.78 is 5.22. The van der Waals surface area contributed by atoms with E-state index < -0.39 is 4.92 Å². The van der Waals surface area contributed by atoms with Crippen molar-refractivity contribution in [2.45, 2.75) is 13.0 Å². The average Bonchev–Trinajstić information content (AvgIpc) is 2.37. The highest BCUT2D eigenvalue weighted by Crippen LogP contribution is 2.24. The highest BCUT2D eigenvalue weighted by atomic mass is 79.9. The third-order valence-electron chi connectivity index (χ3n) is 2.61. The summed E-state index contributed by atoms with van der Waals surface area (Å²) in [5, 5.41) is 11.0. The number of carbonyl (C=O) groups excluding carboxylic acids is 1. The molecule has 0 atom stereocenters. The minimum absolute atomic E-state index is 0.0688. The molecule has 1 aromatic carbocycles. The Balaban J connectivity index is 2.71. The van der Waals surface area contributed by atoms with E-state index in [-0.39, 0.29) is 18.1 Å². The molecule has 0 unspecified atom stereocenters. The van der Waals surface area contributed by atoms with Gasteiger partial charge in [-0.15, -0.1) is 0 Å². The van der Waals surface area contributed by atoms with Crippen LogP contribution in [0.2, 0.25) is 0 Å². The van der Waals surface area contributed by atoms with Crippen LogP contribution in [0.3, 0.4) is 0 Å². The summed E-state index contributed by atoms with van der Waals surface area (Å²) in [4.78, 5) is 23.4. The third-order valence-corrected chi connectivity index (χ3v) is 3.10. The summed E-state index contributed by atoms with van der Waals surface area (Å²) in [7, 11) is 3.14. The smallest absolute Gasteiger partial charge is 0.306 e. The van der Waals surface area contributed by atoms with Gasteiger partial charge < -0.3 is 9.64 Å². The third kappa shape index (κ3) is 4.96. The molecule has 0 aliphatic carbocycles. The van der Waals surface area contributed by atoms with Crippen molar-refractivity contribution in [2.24, 2.45) is 0 Å². The Morgan fingerprint density at radius 1 is 1.53 bits per heavy atom. The van der Waals surface area contributed by atoms with Gasteiger partial charge in [0.2, 0.25) is 0 Å². The molecule has 0 amide bonds. The predicted molar refractivity (Wildman–Crippen MR) is 73.8 cm³/mol. The van der Waals surface area contributed by atoms with Crippen LogP contribution < -0.4 is 0 Å². The molecular formula is C12H15BrN2O4. The Hall–Kier alpha value is -1.47. The van der Waals surface area contributed by atoms with E-state index in [1.165, 1.54) is 13.2 Å². The highest BCUT2D eigenvalue weighted by molar-refractivity contribution is 9.10. The van der Waals surface area contributed by atoms with Gasteiger partial charge in [0.05, 0.1) is 18.5 Å². The van der Waals surface area contributed by atoms with Crippen LogP contribution in [0.4, 0.5) is 5.69 Å². The molecule has 19 heavy (non-hydrogen) atoms. The molecule has 0 saturated heterocycles. The highest BCUT2D eigenvalue weighted by Gasteiger charge is 2.15. The first-order chi connectivity index (χ1) is 8.93. The summed E-state index contributed by atoms with van der Waals surface area (Å²) in [6.07, 6.45) is 0.261. The molecule has 7 heteroatoms. The number of ether oxygens (including phenoxy) is 1. The number of nitrogens with zero attached hydrogens (tertiary/aromatic N) is 2. The molecule has 0 aliphatic heterocycles. The van der Waals surface area contributed by atoms with Gasteiger partial charge in [0.25, 0.3) is 5.69 Å². The topological polar surface area (TPSA) is 72.7 Å². The molecule has 0 aliphatic rings. The largest absolute Gasteiger partial charge is 0.469 e. The van der Waals surface area contributed by atoms with E-state index in [4.69, 9.17) is 0 Å². The van der Waals surface area contributed by atoms with Crippen LogP contribution in [0.1, 0.15) is 12.0 Å². The Labute approximate surface area is 119 Å². The first-order valence-electron chi connectivity index (χ1n) is 5.62. The molecule has 0 saturated carbocycles. The van der Waals surface area contributed by atoms with Crippen molar-refractivity contribution in [3.05, 3.63) is 38.3 Å². The standard InChI is InChI=1S/C12H15BrN2O4/c1-14(6-5-12(16)19-2)8-9-3-4-10(13)7-11(9)15(17)18/h3-4,7H,5-6,8H2,1-2H3. The fourth-order valence-corrected chi connectivity index (χ4v) is 1.94. The lowest BCUT2D eigenvalue weighted by molar-refractivity contribution is -0.385. The van der Waals surface area contributed by atoms with E-state index in [0.717, 1.165) is 0 Å². The van der Waals surface area contributed by atoms with Gasteiger partial charge in [-0.05, 0) is 19.2 Å². The Morgan fingerprint density at radius 2 is 2.21 bits per heavy atom. The number of nitro benzene ring substituents is 1. The Bertz CT molecular complexity index is 479. The van der Waals surface area contributed by atoms with Crippen LogP contribution in [-0.2, 0) is 16.1 Å². The molecule has 0 spiro atoms. The summed E-state index contributed by atoms with van der Waals surface area (Å²) >= 11 is 3.21. The first kappa shape index (κ1) is 15.6. The second-order valence-corrected chi connectivity index (χ2v) is 5.01. The van der Waals surface area contributed by atoms with Crippen LogP contribution >= 0.6 is 15.9 Å². The average molecular weight is 331 g/mol. The van der Waals surface area contributed by atoms with E-state index in [9.17, 15) is 14.9 Å². The zero-order valence-corrected chi connectivity index (χ0v) is 12.3. The van der Waals surface area contributed by atoms with Crippen LogP contribution in [0.25, 0.3) is 0 Å².